The molecule has 1 amide bonds. The van der Waals surface area contributed by atoms with Gasteiger partial charge in [-0.2, -0.15) is 0 Å². The molecule has 9 nitrogen and oxygen atoms in total. The first kappa shape index (κ1) is 26.7. The quantitative estimate of drug-likeness (QED) is 0.425. The van der Waals surface area contributed by atoms with Gasteiger partial charge in [0.15, 0.2) is 0 Å². The minimum Gasteiger partial charge on any atom is -0.492 e. The van der Waals surface area contributed by atoms with Gasteiger partial charge in [0, 0.05) is 45.7 Å². The van der Waals surface area contributed by atoms with Crippen LogP contribution >= 0.6 is 0 Å². The van der Waals surface area contributed by atoms with Gasteiger partial charge in [0.2, 0.25) is 5.91 Å². The van der Waals surface area contributed by atoms with Gasteiger partial charge in [-0.1, -0.05) is 29.8 Å². The summed E-state index contributed by atoms with van der Waals surface area (Å²) < 4.78 is 18.9. The van der Waals surface area contributed by atoms with Crippen LogP contribution in [0.25, 0.3) is 0 Å². The number of carbonyl (C=O) groups excluding carboxylic acids is 1. The molecule has 1 N–H and O–H groups in total. The number of methoxy groups -OCH3 is 1. The monoisotopic (exact) mass is 508 g/mol. The van der Waals surface area contributed by atoms with Crippen molar-refractivity contribution in [2.45, 2.75) is 25.6 Å². The minimum atomic E-state index is -1.25. The first-order chi connectivity index (χ1) is 17.9. The van der Waals surface area contributed by atoms with E-state index < -0.39 is 5.60 Å². The summed E-state index contributed by atoms with van der Waals surface area (Å²) in [5.41, 5.74) is 0.957. The molecule has 0 spiro atoms. The first-order valence-corrected chi connectivity index (χ1v) is 12.5. The van der Waals surface area contributed by atoms with Crippen molar-refractivity contribution in [3.8, 4) is 11.5 Å². The van der Waals surface area contributed by atoms with Gasteiger partial charge < -0.3 is 28.8 Å². The fourth-order valence-electron chi connectivity index (χ4n) is 4.43. The molecule has 1 aliphatic rings. The third-order valence-corrected chi connectivity index (χ3v) is 6.32. The highest BCUT2D eigenvalue weighted by Crippen LogP contribution is 2.22. The fourth-order valence-corrected chi connectivity index (χ4v) is 4.43. The highest BCUT2D eigenvalue weighted by molar-refractivity contribution is 5.77. The maximum Gasteiger partial charge on any atom is 0.248 e. The van der Waals surface area contributed by atoms with Crippen LogP contribution < -0.4 is 9.47 Å². The van der Waals surface area contributed by atoms with E-state index >= 15 is 0 Å². The molecule has 2 heterocycles. The van der Waals surface area contributed by atoms with Crippen LogP contribution in [0.1, 0.15) is 11.1 Å². The molecule has 0 bridgehead atoms. The number of aromatic nitrogens is 2. The van der Waals surface area contributed by atoms with E-state index in [9.17, 15) is 9.90 Å². The standard InChI is InChI=1S/C28H36N4O5/c1-23-6-8-25(9-7-23)37-21-28(34)19-31(12-13-32(20-28)27(33)18-35-2)17-24-4-3-5-26(16-24)36-15-14-30-11-10-29-22-30/h3-11,16,22,34H,12-15,17-21H2,1-2H3/t28-/m1/s1. The Labute approximate surface area is 218 Å². The van der Waals surface area contributed by atoms with Crippen LogP contribution in [-0.4, -0.2) is 89.1 Å². The van der Waals surface area contributed by atoms with E-state index in [0.717, 1.165) is 23.4 Å². The van der Waals surface area contributed by atoms with Crippen molar-refractivity contribution in [1.29, 1.82) is 0 Å². The van der Waals surface area contributed by atoms with E-state index in [-0.39, 0.29) is 25.7 Å². The molecule has 1 aromatic heterocycles. The number of aliphatic hydroxyl groups is 1. The number of hydrogen-bond donors (Lipinski definition) is 1. The number of ether oxygens (including phenoxy) is 3. The minimum absolute atomic E-state index is 0.0205. The highest BCUT2D eigenvalue weighted by Gasteiger charge is 2.37. The van der Waals surface area contributed by atoms with Crippen LogP contribution in [0.5, 0.6) is 11.5 Å². The van der Waals surface area contributed by atoms with Gasteiger partial charge in [-0.05, 0) is 36.8 Å². The Kier molecular flexibility index (Phi) is 9.16. The average molecular weight is 509 g/mol. The Morgan fingerprint density at radius 3 is 2.68 bits per heavy atom. The lowest BCUT2D eigenvalue weighted by Gasteiger charge is -2.33. The highest BCUT2D eigenvalue weighted by atomic mass is 16.5. The van der Waals surface area contributed by atoms with E-state index in [1.54, 1.807) is 17.4 Å². The fraction of sp³-hybridized carbons (Fsp3) is 0.429. The Bertz CT molecular complexity index is 1120. The molecule has 1 saturated heterocycles. The van der Waals surface area contributed by atoms with Crippen molar-refractivity contribution in [2.75, 3.05) is 53.1 Å². The first-order valence-electron chi connectivity index (χ1n) is 12.5. The van der Waals surface area contributed by atoms with Crippen molar-refractivity contribution in [2.24, 2.45) is 0 Å². The van der Waals surface area contributed by atoms with Crippen LogP contribution in [-0.2, 0) is 22.6 Å². The molecule has 0 saturated carbocycles. The van der Waals surface area contributed by atoms with Crippen LogP contribution in [0.2, 0.25) is 0 Å². The third kappa shape index (κ3) is 8.04. The molecule has 198 valence electrons. The Balaban J connectivity index is 1.41. The smallest absolute Gasteiger partial charge is 0.248 e. The van der Waals surface area contributed by atoms with E-state index in [1.165, 1.54) is 7.11 Å². The van der Waals surface area contributed by atoms with E-state index in [4.69, 9.17) is 14.2 Å². The number of rotatable bonds is 11. The van der Waals surface area contributed by atoms with Gasteiger partial charge in [-0.15, -0.1) is 0 Å². The van der Waals surface area contributed by atoms with E-state index in [0.29, 0.717) is 38.5 Å². The zero-order valence-electron chi connectivity index (χ0n) is 21.6. The zero-order chi connectivity index (χ0) is 26.1. The molecule has 0 aliphatic carbocycles. The Morgan fingerprint density at radius 2 is 1.92 bits per heavy atom. The molecule has 3 aromatic rings. The lowest BCUT2D eigenvalue weighted by molar-refractivity contribution is -0.138. The topological polar surface area (TPSA) is 89.3 Å². The predicted octanol–water partition coefficient (Wildman–Crippen LogP) is 2.37. The number of nitrogens with zero attached hydrogens (tertiary/aromatic N) is 4. The summed E-state index contributed by atoms with van der Waals surface area (Å²) in [5.74, 6) is 1.33. The van der Waals surface area contributed by atoms with Crippen LogP contribution in [0.4, 0.5) is 0 Å². The summed E-state index contributed by atoms with van der Waals surface area (Å²) >= 11 is 0. The summed E-state index contributed by atoms with van der Waals surface area (Å²) in [6.45, 7) is 5.58. The number of aryl methyl sites for hydroxylation is 1. The summed E-state index contributed by atoms with van der Waals surface area (Å²) in [4.78, 5) is 20.5. The SMILES string of the molecule is COCC(=O)N1CCN(Cc2cccc(OCCn3ccnc3)c2)C[C@](O)(COc2ccc(C)cc2)C1. The third-order valence-electron chi connectivity index (χ3n) is 6.32. The van der Waals surface area contributed by atoms with Crippen LogP contribution in [0, 0.1) is 6.92 Å². The summed E-state index contributed by atoms with van der Waals surface area (Å²) in [6.07, 6.45) is 5.42. The van der Waals surface area contributed by atoms with Crippen LogP contribution in [0.15, 0.2) is 67.3 Å². The maximum absolute atomic E-state index is 12.7. The maximum atomic E-state index is 12.7. The van der Waals surface area contributed by atoms with Crippen molar-refractivity contribution >= 4 is 5.91 Å². The lowest BCUT2D eigenvalue weighted by atomic mass is 10.0. The predicted molar refractivity (Wildman–Crippen MR) is 140 cm³/mol. The van der Waals surface area contributed by atoms with Crippen molar-refractivity contribution in [3.05, 3.63) is 78.4 Å². The molecule has 1 aliphatic heterocycles. The number of hydrogen-bond acceptors (Lipinski definition) is 7. The molecule has 0 unspecified atom stereocenters. The number of imidazole rings is 1. The molecule has 9 heteroatoms. The Morgan fingerprint density at radius 1 is 1.08 bits per heavy atom. The number of benzene rings is 2. The summed E-state index contributed by atoms with van der Waals surface area (Å²) in [6, 6.07) is 15.7. The zero-order valence-corrected chi connectivity index (χ0v) is 21.6. The van der Waals surface area contributed by atoms with Gasteiger partial charge in [0.05, 0.1) is 19.4 Å². The molecular formula is C28H36N4O5. The van der Waals surface area contributed by atoms with Crippen molar-refractivity contribution in [3.63, 3.8) is 0 Å². The number of amides is 1. The van der Waals surface area contributed by atoms with Crippen molar-refractivity contribution in [1.82, 2.24) is 19.4 Å². The molecule has 1 fully saturated rings. The number of β-amino-alcohol motifs (C(OH)–C–C–N with tert-alkyl or cyclic N) is 1. The van der Waals surface area contributed by atoms with Gasteiger partial charge in [0.25, 0.3) is 0 Å². The van der Waals surface area contributed by atoms with Gasteiger partial charge >= 0.3 is 0 Å². The van der Waals surface area contributed by atoms with Gasteiger partial charge in [-0.3, -0.25) is 9.69 Å². The second-order valence-electron chi connectivity index (χ2n) is 9.58. The summed E-state index contributed by atoms with van der Waals surface area (Å²) in [7, 11) is 1.50. The molecule has 1 atom stereocenters. The van der Waals surface area contributed by atoms with Crippen LogP contribution in [0.3, 0.4) is 0 Å². The molecule has 37 heavy (non-hydrogen) atoms. The molecule has 0 radical (unpaired) electrons. The lowest BCUT2D eigenvalue weighted by Crippen LogP contribution is -2.52. The Hall–Kier alpha value is -3.40. The van der Waals surface area contributed by atoms with E-state index in [1.807, 2.05) is 66.2 Å². The second kappa shape index (κ2) is 12.7. The molecular weight excluding hydrogens is 472 g/mol. The van der Waals surface area contributed by atoms with Gasteiger partial charge in [0.1, 0.15) is 36.9 Å². The largest absolute Gasteiger partial charge is 0.492 e. The van der Waals surface area contributed by atoms with Gasteiger partial charge in [-0.25, -0.2) is 4.98 Å². The number of carbonyl (C=O) groups is 1. The summed E-state index contributed by atoms with van der Waals surface area (Å²) in [5, 5.41) is 11.6. The normalized spacial score (nSPS) is 18.4. The molecule has 2 aromatic carbocycles. The molecule has 4 rings (SSSR count). The average Bonchev–Trinajstić information content (AvgIpc) is 3.34. The second-order valence-corrected chi connectivity index (χ2v) is 9.58. The van der Waals surface area contributed by atoms with E-state index in [2.05, 4.69) is 9.88 Å². The van der Waals surface area contributed by atoms with Crippen molar-refractivity contribution < 1.29 is 24.1 Å².